The number of fused-ring (bicyclic) bond motifs is 1. The molecule has 0 unspecified atom stereocenters. The van der Waals surface area contributed by atoms with Gasteiger partial charge in [0.25, 0.3) is 5.88 Å². The maximum Gasteiger partial charge on any atom is 0.341 e. The molecule has 0 bridgehead atoms. The minimum Gasteiger partial charge on any atom is -0.480 e. The zero-order valence-corrected chi connectivity index (χ0v) is 8.37. The third-order valence-corrected chi connectivity index (χ3v) is 2.19. The summed E-state index contributed by atoms with van der Waals surface area (Å²) in [5.74, 6) is -1.11. The smallest absolute Gasteiger partial charge is 0.341 e. The number of halogens is 1. The van der Waals surface area contributed by atoms with Crippen molar-refractivity contribution in [2.75, 3.05) is 13.9 Å². The molecule has 0 saturated carbocycles. The number of ether oxygens (including phenoxy) is 3. The first-order valence-corrected chi connectivity index (χ1v) is 4.29. The van der Waals surface area contributed by atoms with E-state index in [-0.39, 0.29) is 34.9 Å². The van der Waals surface area contributed by atoms with Crippen molar-refractivity contribution in [1.82, 2.24) is 4.98 Å². The summed E-state index contributed by atoms with van der Waals surface area (Å²) in [6.07, 6.45) is 0. The van der Waals surface area contributed by atoms with Crippen LogP contribution in [0.5, 0.6) is 17.5 Å². The van der Waals surface area contributed by atoms with Gasteiger partial charge in [-0.05, 0) is 0 Å². The SMILES string of the molecule is COc1nc2c(c(C(=O)O)c1Cl)OCO2. The van der Waals surface area contributed by atoms with Crippen LogP contribution < -0.4 is 14.2 Å². The monoisotopic (exact) mass is 231 g/mol. The summed E-state index contributed by atoms with van der Waals surface area (Å²) in [6.45, 7) is -0.0773. The Kier molecular flexibility index (Phi) is 2.28. The zero-order chi connectivity index (χ0) is 11.0. The quantitative estimate of drug-likeness (QED) is 0.823. The summed E-state index contributed by atoms with van der Waals surface area (Å²) in [7, 11) is 1.34. The largest absolute Gasteiger partial charge is 0.480 e. The van der Waals surface area contributed by atoms with Gasteiger partial charge in [0.15, 0.2) is 0 Å². The Labute approximate surface area is 89.3 Å². The molecule has 0 radical (unpaired) electrons. The third-order valence-electron chi connectivity index (χ3n) is 1.84. The molecule has 2 rings (SSSR count). The lowest BCUT2D eigenvalue weighted by Crippen LogP contribution is -2.03. The zero-order valence-electron chi connectivity index (χ0n) is 7.61. The van der Waals surface area contributed by atoms with Crippen LogP contribution in [0.3, 0.4) is 0 Å². The molecule has 1 aromatic heterocycles. The van der Waals surface area contributed by atoms with Gasteiger partial charge in [0.2, 0.25) is 18.4 Å². The van der Waals surface area contributed by atoms with Crippen LogP contribution in [0.25, 0.3) is 0 Å². The molecule has 0 spiro atoms. The summed E-state index contributed by atoms with van der Waals surface area (Å²) < 4.78 is 14.7. The van der Waals surface area contributed by atoms with Gasteiger partial charge in [0, 0.05) is 0 Å². The molecule has 80 valence electrons. The van der Waals surface area contributed by atoms with Gasteiger partial charge in [-0.2, -0.15) is 4.98 Å². The predicted octanol–water partition coefficient (Wildman–Crippen LogP) is 1.17. The number of methoxy groups -OCH3 is 1. The van der Waals surface area contributed by atoms with Gasteiger partial charge in [-0.3, -0.25) is 0 Å². The number of hydrogen-bond acceptors (Lipinski definition) is 5. The topological polar surface area (TPSA) is 77.9 Å². The van der Waals surface area contributed by atoms with Gasteiger partial charge >= 0.3 is 5.97 Å². The Morgan fingerprint density at radius 2 is 2.33 bits per heavy atom. The van der Waals surface area contributed by atoms with E-state index in [0.29, 0.717) is 0 Å². The van der Waals surface area contributed by atoms with E-state index in [4.69, 9.17) is 30.9 Å². The number of carbonyl (C=O) groups is 1. The first-order chi connectivity index (χ1) is 7.15. The van der Waals surface area contributed by atoms with E-state index < -0.39 is 5.97 Å². The molecule has 6 nitrogen and oxygen atoms in total. The molecule has 0 atom stereocenters. The van der Waals surface area contributed by atoms with E-state index in [1.165, 1.54) is 7.11 Å². The normalized spacial score (nSPS) is 12.7. The molecule has 2 heterocycles. The molecule has 0 aromatic carbocycles. The lowest BCUT2D eigenvalue weighted by molar-refractivity contribution is 0.0692. The Hall–Kier alpha value is -1.69. The Balaban J connectivity index is 2.69. The second-order valence-corrected chi connectivity index (χ2v) is 3.03. The molecule has 15 heavy (non-hydrogen) atoms. The van der Waals surface area contributed by atoms with E-state index >= 15 is 0 Å². The van der Waals surface area contributed by atoms with Crippen LogP contribution in [-0.4, -0.2) is 30.0 Å². The van der Waals surface area contributed by atoms with E-state index in [0.717, 1.165) is 0 Å². The minimum absolute atomic E-state index is 0.00156. The van der Waals surface area contributed by atoms with Crippen LogP contribution in [0.1, 0.15) is 10.4 Å². The second-order valence-electron chi connectivity index (χ2n) is 2.66. The molecular formula is C8H6ClNO5. The fourth-order valence-electron chi connectivity index (χ4n) is 1.21. The van der Waals surface area contributed by atoms with Crippen LogP contribution in [0, 0.1) is 0 Å². The number of aromatic carboxylic acids is 1. The minimum atomic E-state index is -1.22. The first kappa shape index (κ1) is 9.85. The number of aromatic nitrogens is 1. The van der Waals surface area contributed by atoms with Gasteiger partial charge in [0.05, 0.1) is 7.11 Å². The number of pyridine rings is 1. The van der Waals surface area contributed by atoms with E-state index in [1.54, 1.807) is 0 Å². The average Bonchev–Trinajstić information content (AvgIpc) is 2.63. The molecule has 1 aliphatic rings. The Morgan fingerprint density at radius 1 is 1.60 bits per heavy atom. The van der Waals surface area contributed by atoms with Gasteiger partial charge in [-0.1, -0.05) is 11.6 Å². The van der Waals surface area contributed by atoms with Crippen LogP contribution in [0.15, 0.2) is 0 Å². The Morgan fingerprint density at radius 3 is 2.93 bits per heavy atom. The lowest BCUT2D eigenvalue weighted by atomic mass is 10.2. The maximum atomic E-state index is 10.9. The van der Waals surface area contributed by atoms with Gasteiger partial charge < -0.3 is 19.3 Å². The number of hydrogen-bond donors (Lipinski definition) is 1. The maximum absolute atomic E-state index is 10.9. The highest BCUT2D eigenvalue weighted by atomic mass is 35.5. The number of carboxylic acids is 1. The lowest BCUT2D eigenvalue weighted by Gasteiger charge is -2.06. The molecule has 1 N–H and O–H groups in total. The van der Waals surface area contributed by atoms with Gasteiger partial charge in [-0.25, -0.2) is 4.79 Å². The predicted molar refractivity (Wildman–Crippen MR) is 48.9 cm³/mol. The molecular weight excluding hydrogens is 226 g/mol. The van der Waals surface area contributed by atoms with Crippen LogP contribution >= 0.6 is 11.6 Å². The van der Waals surface area contributed by atoms with Crippen molar-refractivity contribution in [3.05, 3.63) is 10.6 Å². The van der Waals surface area contributed by atoms with E-state index in [9.17, 15) is 4.79 Å². The highest BCUT2D eigenvalue weighted by Crippen LogP contribution is 2.41. The average molecular weight is 232 g/mol. The third kappa shape index (κ3) is 1.42. The van der Waals surface area contributed by atoms with Gasteiger partial charge in [0.1, 0.15) is 10.6 Å². The molecule has 7 heteroatoms. The molecule has 1 aliphatic heterocycles. The summed E-state index contributed by atoms with van der Waals surface area (Å²) in [4.78, 5) is 14.8. The standard InChI is InChI=1S/C8H6ClNO5/c1-13-6-4(9)3(8(11)12)5-7(10-6)15-2-14-5/h2H2,1H3,(H,11,12). The van der Waals surface area contributed by atoms with Crippen molar-refractivity contribution < 1.29 is 24.1 Å². The summed E-state index contributed by atoms with van der Waals surface area (Å²) in [5, 5.41) is 8.84. The van der Waals surface area contributed by atoms with Crippen LogP contribution in [-0.2, 0) is 0 Å². The highest BCUT2D eigenvalue weighted by molar-refractivity contribution is 6.35. The van der Waals surface area contributed by atoms with Crippen molar-refractivity contribution in [2.24, 2.45) is 0 Å². The van der Waals surface area contributed by atoms with Crippen molar-refractivity contribution in [2.45, 2.75) is 0 Å². The number of rotatable bonds is 2. The summed E-state index contributed by atoms with van der Waals surface area (Å²) in [6, 6.07) is 0. The highest BCUT2D eigenvalue weighted by Gasteiger charge is 2.29. The second kappa shape index (κ2) is 3.47. The summed E-state index contributed by atoms with van der Waals surface area (Å²) in [5.41, 5.74) is -0.198. The van der Waals surface area contributed by atoms with E-state index in [1.807, 2.05) is 0 Å². The molecule has 0 fully saturated rings. The van der Waals surface area contributed by atoms with Crippen molar-refractivity contribution >= 4 is 17.6 Å². The van der Waals surface area contributed by atoms with E-state index in [2.05, 4.69) is 4.98 Å². The van der Waals surface area contributed by atoms with Crippen molar-refractivity contribution in [1.29, 1.82) is 0 Å². The fourth-order valence-corrected chi connectivity index (χ4v) is 1.49. The fraction of sp³-hybridized carbons (Fsp3) is 0.250. The van der Waals surface area contributed by atoms with Crippen LogP contribution in [0.4, 0.5) is 0 Å². The summed E-state index contributed by atoms with van der Waals surface area (Å²) >= 11 is 5.78. The van der Waals surface area contributed by atoms with Crippen LogP contribution in [0.2, 0.25) is 5.02 Å². The molecule has 0 aliphatic carbocycles. The van der Waals surface area contributed by atoms with Gasteiger partial charge in [-0.15, -0.1) is 0 Å². The number of carboxylic acid groups (broad SMARTS) is 1. The van der Waals surface area contributed by atoms with Crippen molar-refractivity contribution in [3.63, 3.8) is 0 Å². The molecule has 1 aromatic rings. The first-order valence-electron chi connectivity index (χ1n) is 3.91. The Bertz CT molecular complexity index is 433. The molecule has 0 amide bonds. The van der Waals surface area contributed by atoms with Crippen molar-refractivity contribution in [3.8, 4) is 17.5 Å². The number of nitrogens with zero attached hydrogens (tertiary/aromatic N) is 1. The molecule has 0 saturated heterocycles.